The van der Waals surface area contributed by atoms with Crippen molar-refractivity contribution in [3.63, 3.8) is 0 Å². The van der Waals surface area contributed by atoms with Crippen molar-refractivity contribution in [3.8, 4) is 33.6 Å². The molecule has 16 heteroatoms. The van der Waals surface area contributed by atoms with E-state index in [0.29, 0.717) is 50.8 Å². The molecule has 3 aliphatic heterocycles. The van der Waals surface area contributed by atoms with Crippen molar-refractivity contribution in [1.82, 2.24) is 40.4 Å². The number of carbonyl (C=O) groups is 4. The average molecular weight is 837 g/mol. The van der Waals surface area contributed by atoms with Gasteiger partial charge in [-0.15, -0.1) is 0 Å². The van der Waals surface area contributed by atoms with Crippen LogP contribution in [0.3, 0.4) is 0 Å². The Morgan fingerprint density at radius 2 is 1.15 bits per heavy atom. The number of alkyl carbamates (subject to hydrolysis) is 2. The van der Waals surface area contributed by atoms with Gasteiger partial charge in [-0.3, -0.25) is 9.59 Å². The minimum Gasteiger partial charge on any atom is -0.453 e. The van der Waals surface area contributed by atoms with E-state index >= 15 is 0 Å². The fourth-order valence-corrected chi connectivity index (χ4v) is 9.43. The van der Waals surface area contributed by atoms with Crippen LogP contribution in [-0.2, 0) is 41.4 Å². The second kappa shape index (κ2) is 17.3. The quantitative estimate of drug-likeness (QED) is 0.138. The van der Waals surface area contributed by atoms with Gasteiger partial charge in [0.2, 0.25) is 11.8 Å². The molecule has 4 N–H and O–H groups in total. The lowest BCUT2D eigenvalue weighted by Gasteiger charge is -2.30. The molecule has 3 saturated heterocycles. The van der Waals surface area contributed by atoms with Crippen molar-refractivity contribution < 1.29 is 38.1 Å². The lowest BCUT2D eigenvalue weighted by molar-refractivity contribution is -0.147. The molecule has 1 spiro atoms. The zero-order valence-corrected chi connectivity index (χ0v) is 35.7. The highest BCUT2D eigenvalue weighted by Gasteiger charge is 2.45. The van der Waals surface area contributed by atoms with E-state index in [2.05, 4.69) is 57.0 Å². The van der Waals surface area contributed by atoms with E-state index < -0.39 is 30.1 Å². The van der Waals surface area contributed by atoms with E-state index in [9.17, 15) is 19.2 Å². The molecule has 16 nitrogen and oxygen atoms in total. The molecule has 0 bridgehead atoms. The predicted molar refractivity (Wildman–Crippen MR) is 225 cm³/mol. The molecule has 4 aromatic rings. The van der Waals surface area contributed by atoms with Gasteiger partial charge in [-0.1, -0.05) is 64.1 Å². The van der Waals surface area contributed by atoms with Crippen molar-refractivity contribution in [1.29, 1.82) is 0 Å². The maximum Gasteiger partial charge on any atom is 0.407 e. The van der Waals surface area contributed by atoms with Gasteiger partial charge >= 0.3 is 12.2 Å². The molecule has 8 rings (SSSR count). The summed E-state index contributed by atoms with van der Waals surface area (Å²) in [4.78, 5) is 71.8. The van der Waals surface area contributed by atoms with Crippen LogP contribution in [0.15, 0.2) is 48.8 Å². The first kappa shape index (κ1) is 42.0. The van der Waals surface area contributed by atoms with E-state index in [-0.39, 0.29) is 35.7 Å². The van der Waals surface area contributed by atoms with Crippen molar-refractivity contribution in [2.45, 2.75) is 96.2 Å². The van der Waals surface area contributed by atoms with Gasteiger partial charge < -0.3 is 49.3 Å². The summed E-state index contributed by atoms with van der Waals surface area (Å²) in [6.45, 7) is 9.84. The minimum absolute atomic E-state index is 0.118. The maximum absolute atomic E-state index is 13.8. The summed E-state index contributed by atoms with van der Waals surface area (Å²) in [5, 5.41) is 5.43. The second-order valence-corrected chi connectivity index (χ2v) is 17.1. The Balaban J connectivity index is 1.03. The van der Waals surface area contributed by atoms with Crippen LogP contribution in [0.25, 0.3) is 33.6 Å². The fraction of sp³-hybridized carbons (Fsp3) is 0.511. The van der Waals surface area contributed by atoms with Crippen LogP contribution in [0, 0.1) is 11.8 Å². The zero-order valence-electron chi connectivity index (χ0n) is 35.7. The number of hydrogen-bond acceptors (Lipinski definition) is 10. The molecule has 2 aromatic carbocycles. The molecule has 0 radical (unpaired) electrons. The van der Waals surface area contributed by atoms with Gasteiger partial charge in [0.15, 0.2) is 5.79 Å². The Morgan fingerprint density at radius 3 is 1.66 bits per heavy atom. The maximum atomic E-state index is 13.8. The number of nitrogens with zero attached hydrogens (tertiary/aromatic N) is 4. The van der Waals surface area contributed by atoms with E-state index in [4.69, 9.17) is 28.9 Å². The number of benzene rings is 2. The van der Waals surface area contributed by atoms with E-state index in [1.54, 1.807) is 0 Å². The van der Waals surface area contributed by atoms with Crippen molar-refractivity contribution in [3.05, 3.63) is 71.6 Å². The number of H-pyrrole nitrogens is 2. The number of aromatic nitrogens is 4. The van der Waals surface area contributed by atoms with Crippen LogP contribution < -0.4 is 10.6 Å². The Kier molecular flexibility index (Phi) is 11.9. The number of carbonyl (C=O) groups excluding carboxylic acids is 4. The largest absolute Gasteiger partial charge is 0.453 e. The summed E-state index contributed by atoms with van der Waals surface area (Å²) in [6.07, 6.45) is 6.78. The number of ether oxygens (including phenoxy) is 4. The molecule has 5 heterocycles. The minimum atomic E-state index is -0.727. The van der Waals surface area contributed by atoms with E-state index in [1.807, 2.05) is 49.9 Å². The zero-order chi connectivity index (χ0) is 43.0. The Morgan fingerprint density at radius 1 is 0.689 bits per heavy atom. The Labute approximate surface area is 355 Å². The molecule has 0 saturated carbocycles. The van der Waals surface area contributed by atoms with Crippen LogP contribution in [0.5, 0.6) is 0 Å². The predicted octanol–water partition coefficient (Wildman–Crippen LogP) is 6.06. The van der Waals surface area contributed by atoms with Crippen molar-refractivity contribution >= 4 is 24.0 Å². The summed E-state index contributed by atoms with van der Waals surface area (Å²) in [5.41, 5.74) is 8.11. The van der Waals surface area contributed by atoms with Crippen molar-refractivity contribution in [2.24, 2.45) is 11.8 Å². The number of rotatable bonds is 11. The van der Waals surface area contributed by atoms with Crippen LogP contribution in [-0.4, -0.2) is 112 Å². The Bertz CT molecular complexity index is 2260. The molecule has 1 aliphatic carbocycles. The van der Waals surface area contributed by atoms with E-state index in [0.717, 1.165) is 70.5 Å². The third-order valence-electron chi connectivity index (χ3n) is 12.6. The molecule has 4 atom stereocenters. The number of aromatic amines is 2. The van der Waals surface area contributed by atoms with Gasteiger partial charge in [0, 0.05) is 31.5 Å². The second-order valence-electron chi connectivity index (χ2n) is 17.1. The van der Waals surface area contributed by atoms with Crippen LogP contribution in [0.4, 0.5) is 9.59 Å². The summed E-state index contributed by atoms with van der Waals surface area (Å²) in [6, 6.07) is 10.8. The number of amides is 4. The molecule has 4 amide bonds. The number of hydrogen-bond donors (Lipinski definition) is 4. The lowest BCUT2D eigenvalue weighted by Crippen LogP contribution is -2.51. The summed E-state index contributed by atoms with van der Waals surface area (Å²) in [7, 11) is 2.58. The molecule has 2 unspecified atom stereocenters. The summed E-state index contributed by atoms with van der Waals surface area (Å²) in [5.74, 6) is 0.151. The molecule has 324 valence electrons. The standard InChI is InChI=1S/C45H56N8O8/c1-25(2)37(50-43(56)58-5)41(54)52-17-7-9-35(52)39-46-23-33(48-39)28-13-11-27(12-14-28)29-15-16-30(32-22-45(21-31(29)32)60-19-20-61-45)34-24-47-40(49-34)36-10-8-18-53(36)42(55)38(26(3)4)51-44(57)59-6/h11-16,23-26,35-38H,7-10,17-22H2,1-6H3,(H,46,48)(H,47,49)(H,50,56)(H,51,57)/t35?,36?,37-,38+/m0/s1. The van der Waals surface area contributed by atoms with Crippen LogP contribution in [0.1, 0.15) is 88.2 Å². The van der Waals surface area contributed by atoms with Crippen molar-refractivity contribution in [2.75, 3.05) is 40.5 Å². The monoisotopic (exact) mass is 836 g/mol. The number of nitrogens with one attached hydrogen (secondary N) is 4. The highest BCUT2D eigenvalue weighted by atomic mass is 16.7. The highest BCUT2D eigenvalue weighted by molar-refractivity contribution is 5.87. The number of fused-ring (bicyclic) bond motifs is 1. The van der Waals surface area contributed by atoms with Gasteiger partial charge in [0.25, 0.3) is 0 Å². The summed E-state index contributed by atoms with van der Waals surface area (Å²) >= 11 is 0. The first-order valence-corrected chi connectivity index (χ1v) is 21.3. The summed E-state index contributed by atoms with van der Waals surface area (Å²) < 4.78 is 22.1. The fourth-order valence-electron chi connectivity index (χ4n) is 9.43. The number of likely N-dealkylation sites (tertiary alicyclic amines) is 2. The van der Waals surface area contributed by atoms with E-state index in [1.165, 1.54) is 14.2 Å². The third-order valence-corrected chi connectivity index (χ3v) is 12.6. The van der Waals surface area contributed by atoms with Crippen LogP contribution in [0.2, 0.25) is 0 Å². The van der Waals surface area contributed by atoms with Gasteiger partial charge in [0.1, 0.15) is 23.7 Å². The normalized spacial score (nSPS) is 20.3. The highest BCUT2D eigenvalue weighted by Crippen LogP contribution is 2.46. The molecule has 3 fully saturated rings. The third kappa shape index (κ3) is 8.22. The average Bonchev–Trinajstić information content (AvgIpc) is 4.12. The molecular formula is C45H56N8O8. The first-order chi connectivity index (χ1) is 29.4. The number of methoxy groups -OCH3 is 2. The lowest BCUT2D eigenvalue weighted by atomic mass is 9.92. The topological polar surface area (TPSA) is 193 Å². The smallest absolute Gasteiger partial charge is 0.407 e. The molecule has 4 aliphatic rings. The molecule has 61 heavy (non-hydrogen) atoms. The van der Waals surface area contributed by atoms with Gasteiger partial charge in [-0.2, -0.15) is 0 Å². The van der Waals surface area contributed by atoms with Gasteiger partial charge in [-0.25, -0.2) is 19.6 Å². The van der Waals surface area contributed by atoms with Gasteiger partial charge in [0.05, 0.1) is 63.3 Å². The van der Waals surface area contributed by atoms with Crippen LogP contribution >= 0.6 is 0 Å². The molecular weight excluding hydrogens is 781 g/mol. The van der Waals surface area contributed by atoms with Gasteiger partial charge in [-0.05, 0) is 65.3 Å². The Hall–Kier alpha value is -5.74. The number of imidazole rings is 2. The SMILES string of the molecule is COC(=O)N[C@H](C(=O)N1CCCC1c1ncc(-c2ccc(-c3ccc(-c4cnc(C5CCCN5C(=O)[C@H](NC(=O)OC)C(C)C)[nH]4)c4c3CC3(C4)OCCO3)cc2)[nH]1)C(C)C. The molecule has 2 aromatic heterocycles. The first-order valence-electron chi connectivity index (χ1n) is 21.3.